The molecule has 2 rings (SSSR count). The van der Waals surface area contributed by atoms with Crippen molar-refractivity contribution in [2.45, 2.75) is 31.5 Å². The van der Waals surface area contributed by atoms with Crippen LogP contribution in [0.25, 0.3) is 0 Å². The fraction of sp³-hybridized carbons (Fsp3) is 0.400. The second-order valence-corrected chi connectivity index (χ2v) is 5.35. The molecule has 1 aliphatic rings. The molecule has 0 aliphatic carbocycles. The molecule has 0 radical (unpaired) electrons. The molecular weight excluding hydrogens is 311 g/mol. The second kappa shape index (κ2) is 5.91. The maximum atomic E-state index is 12.8. The van der Waals surface area contributed by atoms with Gasteiger partial charge in [-0.2, -0.15) is 18.4 Å². The second-order valence-electron chi connectivity index (χ2n) is 5.35. The van der Waals surface area contributed by atoms with Crippen molar-refractivity contribution < 1.29 is 22.8 Å². The molecule has 8 heteroatoms. The predicted molar refractivity (Wildman–Crippen MR) is 73.9 cm³/mol. The molecular formula is C15H14F3N3O2. The summed E-state index contributed by atoms with van der Waals surface area (Å²) in [6, 6.07) is 5.55. The Balaban J connectivity index is 2.31. The molecule has 1 N–H and O–H groups in total. The number of nitrogens with zero attached hydrogens (tertiary/aromatic N) is 2. The number of benzene rings is 1. The van der Waals surface area contributed by atoms with Gasteiger partial charge in [0.15, 0.2) is 0 Å². The van der Waals surface area contributed by atoms with Crippen molar-refractivity contribution in [2.24, 2.45) is 0 Å². The third-order valence-corrected chi connectivity index (χ3v) is 3.71. The fourth-order valence-corrected chi connectivity index (χ4v) is 2.42. The average molecular weight is 325 g/mol. The third-order valence-electron chi connectivity index (χ3n) is 3.71. The molecule has 1 aromatic rings. The number of alkyl halides is 3. The molecule has 3 amide bonds. The summed E-state index contributed by atoms with van der Waals surface area (Å²) >= 11 is 0. The molecule has 1 fully saturated rings. The molecule has 23 heavy (non-hydrogen) atoms. The van der Waals surface area contributed by atoms with Crippen LogP contribution < -0.4 is 5.32 Å². The van der Waals surface area contributed by atoms with Crippen LogP contribution in [-0.2, 0) is 16.5 Å². The van der Waals surface area contributed by atoms with Gasteiger partial charge in [0.25, 0.3) is 5.91 Å². The number of imide groups is 1. The lowest BCUT2D eigenvalue weighted by Gasteiger charge is -2.23. The Bertz CT molecular complexity index is 681. The van der Waals surface area contributed by atoms with Gasteiger partial charge >= 0.3 is 12.2 Å². The van der Waals surface area contributed by atoms with E-state index in [1.165, 1.54) is 19.1 Å². The summed E-state index contributed by atoms with van der Waals surface area (Å²) in [5.41, 5.74) is -2.37. The lowest BCUT2D eigenvalue weighted by atomic mass is 9.90. The average Bonchev–Trinajstić information content (AvgIpc) is 2.71. The largest absolute Gasteiger partial charge is 0.416 e. The van der Waals surface area contributed by atoms with Crippen LogP contribution >= 0.6 is 0 Å². The minimum absolute atomic E-state index is 0.0484. The van der Waals surface area contributed by atoms with E-state index in [0.717, 1.165) is 17.0 Å². The Morgan fingerprint density at radius 3 is 2.65 bits per heavy atom. The first-order valence-corrected chi connectivity index (χ1v) is 6.89. The normalized spacial score (nSPS) is 21.3. The van der Waals surface area contributed by atoms with Crippen LogP contribution in [0.2, 0.25) is 0 Å². The minimum atomic E-state index is -4.54. The third kappa shape index (κ3) is 3.13. The van der Waals surface area contributed by atoms with Gasteiger partial charge < -0.3 is 5.32 Å². The topological polar surface area (TPSA) is 73.2 Å². The molecule has 0 aromatic heterocycles. The monoisotopic (exact) mass is 325 g/mol. The number of unbranched alkanes of at least 4 members (excludes halogenated alkanes) is 1. The number of halogens is 3. The summed E-state index contributed by atoms with van der Waals surface area (Å²) in [7, 11) is 0. The van der Waals surface area contributed by atoms with Gasteiger partial charge in [0.1, 0.15) is 5.54 Å². The lowest BCUT2D eigenvalue weighted by molar-refractivity contribution is -0.138. The molecule has 0 saturated carbocycles. The smallest absolute Gasteiger partial charge is 0.319 e. The number of hydrogen-bond donors (Lipinski definition) is 1. The van der Waals surface area contributed by atoms with E-state index in [4.69, 9.17) is 5.26 Å². The Hall–Kier alpha value is -2.56. The van der Waals surface area contributed by atoms with Crippen LogP contribution in [-0.4, -0.2) is 23.4 Å². The van der Waals surface area contributed by atoms with E-state index in [1.807, 2.05) is 6.07 Å². The Morgan fingerprint density at radius 2 is 2.04 bits per heavy atom. The summed E-state index contributed by atoms with van der Waals surface area (Å²) in [4.78, 5) is 25.3. The Kier molecular flexibility index (Phi) is 4.32. The van der Waals surface area contributed by atoms with Crippen LogP contribution in [0, 0.1) is 11.3 Å². The zero-order valence-electron chi connectivity index (χ0n) is 12.3. The van der Waals surface area contributed by atoms with E-state index in [0.29, 0.717) is 6.42 Å². The van der Waals surface area contributed by atoms with E-state index in [-0.39, 0.29) is 18.5 Å². The van der Waals surface area contributed by atoms with Crippen molar-refractivity contribution in [3.8, 4) is 6.07 Å². The van der Waals surface area contributed by atoms with Gasteiger partial charge in [-0.25, -0.2) is 4.79 Å². The number of urea groups is 1. The number of carbonyl (C=O) groups excluding carboxylic acids is 2. The zero-order valence-corrected chi connectivity index (χ0v) is 12.3. The summed E-state index contributed by atoms with van der Waals surface area (Å²) in [6.07, 6.45) is -4.05. The van der Waals surface area contributed by atoms with Crippen LogP contribution in [0.5, 0.6) is 0 Å². The first-order valence-electron chi connectivity index (χ1n) is 6.89. The van der Waals surface area contributed by atoms with Crippen molar-refractivity contribution in [1.29, 1.82) is 5.26 Å². The van der Waals surface area contributed by atoms with Gasteiger partial charge in [0.05, 0.1) is 11.6 Å². The number of carbonyl (C=O) groups is 2. The van der Waals surface area contributed by atoms with Crippen molar-refractivity contribution in [2.75, 3.05) is 6.54 Å². The molecule has 1 unspecified atom stereocenters. The predicted octanol–water partition coefficient (Wildman–Crippen LogP) is 2.78. The molecule has 1 aromatic carbocycles. The van der Waals surface area contributed by atoms with Crippen molar-refractivity contribution in [1.82, 2.24) is 10.2 Å². The molecule has 1 saturated heterocycles. The van der Waals surface area contributed by atoms with Crippen molar-refractivity contribution >= 4 is 11.9 Å². The van der Waals surface area contributed by atoms with E-state index < -0.39 is 29.2 Å². The van der Waals surface area contributed by atoms with E-state index in [9.17, 15) is 22.8 Å². The highest BCUT2D eigenvalue weighted by molar-refractivity contribution is 6.07. The molecule has 122 valence electrons. The van der Waals surface area contributed by atoms with Crippen LogP contribution in [0.15, 0.2) is 24.3 Å². The highest BCUT2D eigenvalue weighted by Gasteiger charge is 2.49. The standard InChI is InChI=1S/C15H14F3N3O2/c1-14(10-5-4-6-11(9-10)15(16,17)18)12(22)21(13(23)20-14)8-3-2-7-19/h4-6,9H,2-3,8H2,1H3,(H,20,23). The summed E-state index contributed by atoms with van der Waals surface area (Å²) in [5, 5.41) is 10.9. The summed E-state index contributed by atoms with van der Waals surface area (Å²) in [6.45, 7) is 1.42. The quantitative estimate of drug-likeness (QED) is 0.683. The van der Waals surface area contributed by atoms with E-state index in [2.05, 4.69) is 5.32 Å². The molecule has 5 nitrogen and oxygen atoms in total. The molecule has 0 spiro atoms. The Morgan fingerprint density at radius 1 is 1.35 bits per heavy atom. The van der Waals surface area contributed by atoms with Gasteiger partial charge in [-0.15, -0.1) is 0 Å². The highest BCUT2D eigenvalue weighted by Crippen LogP contribution is 2.34. The van der Waals surface area contributed by atoms with E-state index >= 15 is 0 Å². The minimum Gasteiger partial charge on any atom is -0.319 e. The van der Waals surface area contributed by atoms with Crippen molar-refractivity contribution in [3.05, 3.63) is 35.4 Å². The number of nitrogens with one attached hydrogen (secondary N) is 1. The zero-order chi connectivity index (χ0) is 17.3. The maximum Gasteiger partial charge on any atom is 0.416 e. The Labute approximate surface area is 130 Å². The van der Waals surface area contributed by atoms with Crippen LogP contribution in [0.4, 0.5) is 18.0 Å². The number of rotatable bonds is 4. The van der Waals surface area contributed by atoms with Gasteiger partial charge in [0, 0.05) is 13.0 Å². The van der Waals surface area contributed by atoms with Gasteiger partial charge in [-0.05, 0) is 31.0 Å². The first-order chi connectivity index (χ1) is 10.7. The van der Waals surface area contributed by atoms with E-state index in [1.54, 1.807) is 0 Å². The van der Waals surface area contributed by atoms with Gasteiger partial charge in [-0.1, -0.05) is 12.1 Å². The van der Waals surface area contributed by atoms with Gasteiger partial charge in [0.2, 0.25) is 0 Å². The van der Waals surface area contributed by atoms with Crippen molar-refractivity contribution in [3.63, 3.8) is 0 Å². The first kappa shape index (κ1) is 16.8. The molecule has 1 atom stereocenters. The molecule has 1 heterocycles. The van der Waals surface area contributed by atoms with Crippen LogP contribution in [0.3, 0.4) is 0 Å². The molecule has 0 bridgehead atoms. The van der Waals surface area contributed by atoms with Gasteiger partial charge in [-0.3, -0.25) is 9.69 Å². The van der Waals surface area contributed by atoms with Crippen LogP contribution in [0.1, 0.15) is 30.9 Å². The molecule has 1 aliphatic heterocycles. The number of nitriles is 1. The fourth-order valence-electron chi connectivity index (χ4n) is 2.42. The lowest BCUT2D eigenvalue weighted by Crippen LogP contribution is -2.41. The highest BCUT2D eigenvalue weighted by atomic mass is 19.4. The summed E-state index contributed by atoms with van der Waals surface area (Å²) < 4.78 is 38.5. The summed E-state index contributed by atoms with van der Waals surface area (Å²) in [5.74, 6) is -0.625. The SMILES string of the molecule is CC1(c2cccc(C(F)(F)F)c2)NC(=O)N(CCCC#N)C1=O. The number of hydrogen-bond acceptors (Lipinski definition) is 3. The number of amides is 3. The maximum absolute atomic E-state index is 12.8.